The van der Waals surface area contributed by atoms with E-state index in [0.717, 1.165) is 12.8 Å². The first-order valence-corrected chi connectivity index (χ1v) is 3.35. The van der Waals surface area contributed by atoms with Gasteiger partial charge in [0.05, 0.1) is 0 Å². The van der Waals surface area contributed by atoms with E-state index in [-0.39, 0.29) is 12.4 Å². The summed E-state index contributed by atoms with van der Waals surface area (Å²) in [5.74, 6) is 0.121. The molecule has 0 aliphatic rings. The zero-order chi connectivity index (χ0) is 7.82. The second-order valence-electron chi connectivity index (χ2n) is 2.00. The molecule has 0 aromatic rings. The molecule has 0 aromatic carbocycles. The Morgan fingerprint density at radius 2 is 2.40 bits per heavy atom. The van der Waals surface area contributed by atoms with Crippen molar-refractivity contribution in [2.75, 3.05) is 13.2 Å². The Bertz CT molecular complexity index is 104. The van der Waals surface area contributed by atoms with Gasteiger partial charge in [0.1, 0.15) is 6.61 Å². The van der Waals surface area contributed by atoms with Crippen molar-refractivity contribution in [1.29, 1.82) is 0 Å². The van der Waals surface area contributed by atoms with Crippen LogP contribution in [0.4, 0.5) is 0 Å². The van der Waals surface area contributed by atoms with Crippen molar-refractivity contribution in [1.82, 2.24) is 0 Å². The average molecular weight is 146 g/mol. The minimum atomic E-state index is 0.121. The van der Waals surface area contributed by atoms with Crippen LogP contribution >= 0.6 is 0 Å². The van der Waals surface area contributed by atoms with Gasteiger partial charge in [0, 0.05) is 6.61 Å². The van der Waals surface area contributed by atoms with Gasteiger partial charge in [-0.05, 0) is 6.42 Å². The predicted molar refractivity (Wildman–Crippen MR) is 39.1 cm³/mol. The SMILES string of the molecule is CCCCOC/C(N)=N/O. The fourth-order valence-corrected chi connectivity index (χ4v) is 0.452. The summed E-state index contributed by atoms with van der Waals surface area (Å²) in [6.07, 6.45) is 2.11. The molecule has 4 heteroatoms. The van der Waals surface area contributed by atoms with Crippen molar-refractivity contribution >= 4 is 5.84 Å². The van der Waals surface area contributed by atoms with Crippen LogP contribution in [0.3, 0.4) is 0 Å². The van der Waals surface area contributed by atoms with E-state index in [1.807, 2.05) is 0 Å². The van der Waals surface area contributed by atoms with E-state index in [2.05, 4.69) is 12.1 Å². The molecule has 0 unspecified atom stereocenters. The first-order chi connectivity index (χ1) is 4.81. The Morgan fingerprint density at radius 3 is 2.90 bits per heavy atom. The van der Waals surface area contributed by atoms with Gasteiger partial charge in [-0.15, -0.1) is 0 Å². The van der Waals surface area contributed by atoms with Crippen LogP contribution < -0.4 is 5.73 Å². The van der Waals surface area contributed by atoms with Crippen LogP contribution in [0.15, 0.2) is 5.16 Å². The van der Waals surface area contributed by atoms with E-state index < -0.39 is 0 Å². The van der Waals surface area contributed by atoms with Gasteiger partial charge < -0.3 is 15.7 Å². The van der Waals surface area contributed by atoms with Crippen LogP contribution in [0.5, 0.6) is 0 Å². The number of amidine groups is 1. The van der Waals surface area contributed by atoms with Gasteiger partial charge in [-0.1, -0.05) is 18.5 Å². The Kier molecular flexibility index (Phi) is 5.86. The topological polar surface area (TPSA) is 67.8 Å². The van der Waals surface area contributed by atoms with Crippen molar-refractivity contribution in [3.8, 4) is 0 Å². The molecule has 10 heavy (non-hydrogen) atoms. The second kappa shape index (κ2) is 6.35. The first kappa shape index (κ1) is 9.23. The van der Waals surface area contributed by atoms with E-state index in [1.165, 1.54) is 0 Å². The third-order valence-electron chi connectivity index (χ3n) is 1.02. The molecule has 0 heterocycles. The lowest BCUT2D eigenvalue weighted by Gasteiger charge is -1.99. The molecular formula is C6H14N2O2. The van der Waals surface area contributed by atoms with Crippen molar-refractivity contribution in [3.63, 3.8) is 0 Å². The van der Waals surface area contributed by atoms with E-state index >= 15 is 0 Å². The molecule has 0 rings (SSSR count). The molecule has 0 spiro atoms. The quantitative estimate of drug-likeness (QED) is 0.196. The summed E-state index contributed by atoms with van der Waals surface area (Å²) in [7, 11) is 0. The largest absolute Gasteiger partial charge is 0.409 e. The fraction of sp³-hybridized carbons (Fsp3) is 0.833. The molecule has 0 aromatic heterocycles. The zero-order valence-corrected chi connectivity index (χ0v) is 6.21. The highest BCUT2D eigenvalue weighted by Crippen LogP contribution is 1.86. The summed E-state index contributed by atoms with van der Waals surface area (Å²) in [5.41, 5.74) is 5.13. The summed E-state index contributed by atoms with van der Waals surface area (Å²) in [6, 6.07) is 0. The third kappa shape index (κ3) is 5.37. The summed E-state index contributed by atoms with van der Waals surface area (Å²) < 4.78 is 5.01. The van der Waals surface area contributed by atoms with Crippen LogP contribution in [0, 0.1) is 0 Å². The van der Waals surface area contributed by atoms with Gasteiger partial charge in [0.15, 0.2) is 5.84 Å². The average Bonchev–Trinajstić information content (AvgIpc) is 1.98. The smallest absolute Gasteiger partial charge is 0.165 e. The highest BCUT2D eigenvalue weighted by atomic mass is 16.5. The van der Waals surface area contributed by atoms with Gasteiger partial charge in [-0.2, -0.15) is 0 Å². The van der Waals surface area contributed by atoms with Crippen LogP contribution in [0.25, 0.3) is 0 Å². The summed E-state index contributed by atoms with van der Waals surface area (Å²) >= 11 is 0. The van der Waals surface area contributed by atoms with Gasteiger partial charge >= 0.3 is 0 Å². The number of ether oxygens (including phenoxy) is 1. The standard InChI is InChI=1S/C6H14N2O2/c1-2-3-4-10-5-6(7)8-9/h9H,2-5H2,1H3,(H2,7,8). The van der Waals surface area contributed by atoms with Gasteiger partial charge in [0.2, 0.25) is 0 Å². The highest BCUT2D eigenvalue weighted by Gasteiger charge is 1.90. The number of unbranched alkanes of at least 4 members (excludes halogenated alkanes) is 1. The zero-order valence-electron chi connectivity index (χ0n) is 6.21. The summed E-state index contributed by atoms with van der Waals surface area (Å²) in [4.78, 5) is 0. The maximum atomic E-state index is 8.07. The number of oxime groups is 1. The lowest BCUT2D eigenvalue weighted by atomic mass is 10.4. The van der Waals surface area contributed by atoms with Crippen LogP contribution in [-0.4, -0.2) is 24.3 Å². The Hall–Kier alpha value is -0.770. The molecule has 0 aliphatic heterocycles. The minimum absolute atomic E-state index is 0.121. The number of hydrogen-bond acceptors (Lipinski definition) is 3. The van der Waals surface area contributed by atoms with E-state index in [9.17, 15) is 0 Å². The van der Waals surface area contributed by atoms with Gasteiger partial charge in [-0.3, -0.25) is 0 Å². The fourth-order valence-electron chi connectivity index (χ4n) is 0.452. The summed E-state index contributed by atoms with van der Waals surface area (Å²) in [6.45, 7) is 2.97. The predicted octanol–water partition coefficient (Wildman–Crippen LogP) is 0.550. The monoisotopic (exact) mass is 146 g/mol. The number of nitrogens with two attached hydrogens (primary N) is 1. The van der Waals surface area contributed by atoms with E-state index in [4.69, 9.17) is 15.7 Å². The molecule has 0 saturated heterocycles. The number of hydrogen-bond donors (Lipinski definition) is 2. The molecule has 4 nitrogen and oxygen atoms in total. The maximum absolute atomic E-state index is 8.07. The highest BCUT2D eigenvalue weighted by molar-refractivity contribution is 5.80. The van der Waals surface area contributed by atoms with E-state index in [0.29, 0.717) is 6.61 Å². The van der Waals surface area contributed by atoms with Crippen LogP contribution in [0.1, 0.15) is 19.8 Å². The molecule has 0 bridgehead atoms. The second-order valence-corrected chi connectivity index (χ2v) is 2.00. The van der Waals surface area contributed by atoms with Crippen LogP contribution in [0.2, 0.25) is 0 Å². The molecular weight excluding hydrogens is 132 g/mol. The number of nitrogens with zero attached hydrogens (tertiary/aromatic N) is 1. The maximum Gasteiger partial charge on any atom is 0.165 e. The third-order valence-corrected chi connectivity index (χ3v) is 1.02. The lowest BCUT2D eigenvalue weighted by molar-refractivity contribution is 0.164. The van der Waals surface area contributed by atoms with Crippen molar-refractivity contribution in [2.24, 2.45) is 10.9 Å². The van der Waals surface area contributed by atoms with Crippen molar-refractivity contribution in [2.45, 2.75) is 19.8 Å². The van der Waals surface area contributed by atoms with Crippen LogP contribution in [-0.2, 0) is 4.74 Å². The molecule has 0 aliphatic carbocycles. The molecule has 60 valence electrons. The lowest BCUT2D eigenvalue weighted by Crippen LogP contribution is -2.19. The first-order valence-electron chi connectivity index (χ1n) is 3.35. The minimum Gasteiger partial charge on any atom is -0.409 e. The van der Waals surface area contributed by atoms with Gasteiger partial charge in [-0.25, -0.2) is 0 Å². The number of rotatable bonds is 5. The molecule has 0 fully saturated rings. The normalized spacial score (nSPS) is 11.9. The molecule has 0 saturated carbocycles. The van der Waals surface area contributed by atoms with Crippen molar-refractivity contribution < 1.29 is 9.94 Å². The molecule has 0 radical (unpaired) electrons. The Balaban J connectivity index is 3.04. The Labute approximate surface area is 60.7 Å². The molecule has 0 atom stereocenters. The van der Waals surface area contributed by atoms with Crippen molar-refractivity contribution in [3.05, 3.63) is 0 Å². The van der Waals surface area contributed by atoms with E-state index in [1.54, 1.807) is 0 Å². The Morgan fingerprint density at radius 1 is 1.70 bits per heavy atom. The summed E-state index contributed by atoms with van der Waals surface area (Å²) in [5, 5.41) is 10.8. The molecule has 0 amide bonds. The van der Waals surface area contributed by atoms with Gasteiger partial charge in [0.25, 0.3) is 0 Å². The molecule has 3 N–H and O–H groups in total.